The monoisotopic (exact) mass is 417 g/mol. The van der Waals surface area contributed by atoms with Crippen LogP contribution in [0.5, 0.6) is 6.01 Å². The van der Waals surface area contributed by atoms with Crippen LogP contribution in [-0.4, -0.2) is 24.9 Å². The molecule has 7 nitrogen and oxygen atoms in total. The highest BCUT2D eigenvalue weighted by atomic mass is 35.5. The molecule has 0 aliphatic carbocycles. The molecule has 0 amide bonds. The van der Waals surface area contributed by atoms with Gasteiger partial charge in [0, 0.05) is 29.3 Å². The summed E-state index contributed by atoms with van der Waals surface area (Å²) in [6, 6.07) is 10.3. The van der Waals surface area contributed by atoms with E-state index in [0.29, 0.717) is 22.3 Å². The van der Waals surface area contributed by atoms with E-state index in [-0.39, 0.29) is 17.4 Å². The molecule has 0 saturated heterocycles. The van der Waals surface area contributed by atoms with Crippen molar-refractivity contribution in [1.82, 2.24) is 24.9 Å². The van der Waals surface area contributed by atoms with E-state index in [4.69, 9.17) is 20.9 Å². The second kappa shape index (κ2) is 7.59. The van der Waals surface area contributed by atoms with Gasteiger partial charge in [-0.25, -0.2) is 8.78 Å². The van der Waals surface area contributed by atoms with E-state index in [1.165, 1.54) is 4.57 Å². The lowest BCUT2D eigenvalue weighted by molar-refractivity contribution is 0.186. The molecule has 0 radical (unpaired) electrons. The van der Waals surface area contributed by atoms with E-state index < -0.39 is 17.7 Å². The minimum absolute atomic E-state index is 0.131. The van der Waals surface area contributed by atoms with Crippen LogP contribution in [0.1, 0.15) is 18.9 Å². The van der Waals surface area contributed by atoms with Gasteiger partial charge in [0.15, 0.2) is 11.9 Å². The molecule has 0 aliphatic rings. The number of benzene rings is 2. The Balaban J connectivity index is 1.55. The van der Waals surface area contributed by atoms with Gasteiger partial charge in [-0.3, -0.25) is 4.57 Å². The third kappa shape index (κ3) is 3.95. The van der Waals surface area contributed by atoms with Gasteiger partial charge in [-0.15, -0.1) is 5.10 Å². The van der Waals surface area contributed by atoms with Crippen molar-refractivity contribution in [2.45, 2.75) is 13.0 Å². The molecule has 0 aliphatic heterocycles. The molecule has 29 heavy (non-hydrogen) atoms. The predicted molar refractivity (Wildman–Crippen MR) is 100 cm³/mol. The molecule has 2 aromatic heterocycles. The third-order valence-corrected chi connectivity index (χ3v) is 4.35. The average Bonchev–Trinajstić information content (AvgIpc) is 3.29. The molecule has 0 saturated carbocycles. The smallest absolute Gasteiger partial charge is 0.317 e. The van der Waals surface area contributed by atoms with Crippen molar-refractivity contribution in [3.05, 3.63) is 64.9 Å². The van der Waals surface area contributed by atoms with Crippen molar-refractivity contribution in [2.75, 3.05) is 0 Å². The highest BCUT2D eigenvalue weighted by Gasteiger charge is 2.20. The molecule has 0 unspecified atom stereocenters. The van der Waals surface area contributed by atoms with Gasteiger partial charge in [0.05, 0.1) is 0 Å². The maximum Gasteiger partial charge on any atom is 0.317 e. The number of aromatic nitrogens is 5. The molecule has 4 rings (SSSR count). The topological polar surface area (TPSA) is 78.9 Å². The Bertz CT molecular complexity index is 1160. The van der Waals surface area contributed by atoms with Gasteiger partial charge >= 0.3 is 6.01 Å². The van der Waals surface area contributed by atoms with E-state index in [1.54, 1.807) is 38.2 Å². The summed E-state index contributed by atoms with van der Waals surface area (Å²) in [7, 11) is 1.62. The first-order chi connectivity index (χ1) is 13.9. The van der Waals surface area contributed by atoms with Crippen LogP contribution in [0.4, 0.5) is 8.78 Å². The van der Waals surface area contributed by atoms with Gasteiger partial charge in [-0.05, 0) is 37.3 Å². The van der Waals surface area contributed by atoms with Crippen LogP contribution in [0.2, 0.25) is 5.02 Å². The highest BCUT2D eigenvalue weighted by Crippen LogP contribution is 2.26. The summed E-state index contributed by atoms with van der Waals surface area (Å²) in [5.74, 6) is -0.579. The lowest BCUT2D eigenvalue weighted by Crippen LogP contribution is -2.08. The van der Waals surface area contributed by atoms with Crippen molar-refractivity contribution in [2.24, 2.45) is 7.05 Å². The molecule has 10 heteroatoms. The van der Waals surface area contributed by atoms with Crippen LogP contribution in [0.3, 0.4) is 0 Å². The summed E-state index contributed by atoms with van der Waals surface area (Å²) in [4.78, 5) is 4.32. The quantitative estimate of drug-likeness (QED) is 0.472. The number of nitrogens with zero attached hydrogens (tertiary/aromatic N) is 5. The van der Waals surface area contributed by atoms with E-state index >= 15 is 0 Å². The molecule has 2 heterocycles. The van der Waals surface area contributed by atoms with Crippen LogP contribution in [-0.2, 0) is 7.05 Å². The number of hydrogen-bond donors (Lipinski definition) is 0. The second-order valence-electron chi connectivity index (χ2n) is 6.25. The van der Waals surface area contributed by atoms with E-state index in [9.17, 15) is 8.78 Å². The standard InChI is InChI=1S/C19H14ClF2N5O2/c1-10(16-23-18(29-26-16)11-4-3-5-13(20)6-11)28-19-25-24-17(27(19)2)12-7-14(21)9-15(22)8-12/h3-10H,1-2H3/t10-/m1/s1. The first-order valence-electron chi connectivity index (χ1n) is 8.53. The largest absolute Gasteiger partial charge is 0.452 e. The van der Waals surface area contributed by atoms with Crippen molar-refractivity contribution < 1.29 is 18.0 Å². The highest BCUT2D eigenvalue weighted by molar-refractivity contribution is 6.30. The molecular weight excluding hydrogens is 404 g/mol. The van der Waals surface area contributed by atoms with Crippen LogP contribution in [0.15, 0.2) is 47.0 Å². The zero-order valence-electron chi connectivity index (χ0n) is 15.3. The van der Waals surface area contributed by atoms with Gasteiger partial charge < -0.3 is 9.26 Å². The van der Waals surface area contributed by atoms with Gasteiger partial charge in [0.2, 0.25) is 5.82 Å². The molecule has 0 N–H and O–H groups in total. The van der Waals surface area contributed by atoms with Gasteiger partial charge in [-0.1, -0.05) is 27.9 Å². The summed E-state index contributed by atoms with van der Waals surface area (Å²) in [5.41, 5.74) is 0.917. The van der Waals surface area contributed by atoms with Crippen molar-refractivity contribution in [3.8, 4) is 28.9 Å². The molecular formula is C19H14ClF2N5O2. The number of hydrogen-bond acceptors (Lipinski definition) is 6. The summed E-state index contributed by atoms with van der Waals surface area (Å²) in [6.45, 7) is 1.71. The zero-order chi connectivity index (χ0) is 20.5. The fraction of sp³-hybridized carbons (Fsp3) is 0.158. The van der Waals surface area contributed by atoms with Gasteiger partial charge in [-0.2, -0.15) is 4.98 Å². The number of halogens is 3. The number of ether oxygens (including phenoxy) is 1. The minimum Gasteiger partial charge on any atom is -0.452 e. The minimum atomic E-state index is -0.709. The molecule has 0 fully saturated rings. The third-order valence-electron chi connectivity index (χ3n) is 4.11. The first-order valence-corrected chi connectivity index (χ1v) is 8.90. The lowest BCUT2D eigenvalue weighted by Gasteiger charge is -2.10. The summed E-state index contributed by atoms with van der Waals surface area (Å²) >= 11 is 5.98. The van der Waals surface area contributed by atoms with E-state index in [1.807, 2.05) is 0 Å². The van der Waals surface area contributed by atoms with Gasteiger partial charge in [0.25, 0.3) is 5.89 Å². The number of rotatable bonds is 5. The van der Waals surface area contributed by atoms with Crippen LogP contribution in [0, 0.1) is 11.6 Å². The Morgan fingerprint density at radius 2 is 1.83 bits per heavy atom. The zero-order valence-corrected chi connectivity index (χ0v) is 16.1. The maximum absolute atomic E-state index is 13.5. The summed E-state index contributed by atoms with van der Waals surface area (Å²) in [5, 5.41) is 12.4. The fourth-order valence-electron chi connectivity index (χ4n) is 2.70. The first kappa shape index (κ1) is 19.0. The molecule has 148 valence electrons. The van der Waals surface area contributed by atoms with Crippen molar-refractivity contribution >= 4 is 11.6 Å². The normalized spacial score (nSPS) is 12.2. The Kier molecular flexibility index (Phi) is 4.98. The average molecular weight is 418 g/mol. The summed E-state index contributed by atoms with van der Waals surface area (Å²) < 4.78 is 39.5. The van der Waals surface area contributed by atoms with Crippen molar-refractivity contribution in [3.63, 3.8) is 0 Å². The molecule has 0 bridgehead atoms. The lowest BCUT2D eigenvalue weighted by atomic mass is 10.2. The SMILES string of the molecule is C[C@@H](Oc1nnc(-c2cc(F)cc(F)c2)n1C)c1noc(-c2cccc(Cl)c2)n1. The van der Waals surface area contributed by atoms with E-state index in [2.05, 4.69) is 20.3 Å². The second-order valence-corrected chi connectivity index (χ2v) is 6.69. The fourth-order valence-corrected chi connectivity index (χ4v) is 2.89. The Labute approximate surface area is 168 Å². The predicted octanol–water partition coefficient (Wildman–Crippen LogP) is 4.60. The summed E-state index contributed by atoms with van der Waals surface area (Å²) in [6.07, 6.45) is -0.619. The molecule has 4 aromatic rings. The molecule has 1 atom stereocenters. The maximum atomic E-state index is 13.5. The van der Waals surface area contributed by atoms with Crippen LogP contribution >= 0.6 is 11.6 Å². The molecule has 0 spiro atoms. The van der Waals surface area contributed by atoms with Gasteiger partial charge in [0.1, 0.15) is 11.6 Å². The Morgan fingerprint density at radius 3 is 2.55 bits per heavy atom. The molecule has 2 aromatic carbocycles. The Morgan fingerprint density at radius 1 is 1.07 bits per heavy atom. The van der Waals surface area contributed by atoms with Crippen LogP contribution in [0.25, 0.3) is 22.8 Å². The Hall–Kier alpha value is -3.33. The van der Waals surface area contributed by atoms with Crippen LogP contribution < -0.4 is 4.74 Å². The van der Waals surface area contributed by atoms with Crippen molar-refractivity contribution in [1.29, 1.82) is 0 Å². The van der Waals surface area contributed by atoms with E-state index in [0.717, 1.165) is 18.2 Å².